The van der Waals surface area contributed by atoms with Crippen molar-refractivity contribution < 1.29 is 24.2 Å². The van der Waals surface area contributed by atoms with Crippen molar-refractivity contribution in [3.05, 3.63) is 71.8 Å². The topological polar surface area (TPSA) is 83.9 Å². The summed E-state index contributed by atoms with van der Waals surface area (Å²) in [5.74, 6) is -2.78. The summed E-state index contributed by atoms with van der Waals surface area (Å²) in [6, 6.07) is 18.3. The highest BCUT2D eigenvalue weighted by Crippen LogP contribution is 2.31. The van der Waals surface area contributed by atoms with Crippen LogP contribution >= 0.6 is 0 Å². The van der Waals surface area contributed by atoms with Gasteiger partial charge in [0.25, 0.3) is 0 Å². The molecule has 1 aliphatic heterocycles. The molecule has 6 heteroatoms. The third-order valence-electron chi connectivity index (χ3n) is 5.15. The minimum absolute atomic E-state index is 0.110. The maximum Gasteiger partial charge on any atom is 0.416 e. The minimum Gasteiger partial charge on any atom is -0.481 e. The molecular formula is C22H23NO5. The van der Waals surface area contributed by atoms with Crippen molar-refractivity contribution in [2.24, 2.45) is 5.92 Å². The lowest BCUT2D eigenvalue weighted by atomic mass is 9.84. The maximum absolute atomic E-state index is 13.3. The number of rotatable bonds is 7. The molecule has 3 atom stereocenters. The van der Waals surface area contributed by atoms with Crippen LogP contribution in [-0.2, 0) is 20.7 Å². The van der Waals surface area contributed by atoms with Crippen molar-refractivity contribution in [2.75, 3.05) is 6.61 Å². The van der Waals surface area contributed by atoms with Gasteiger partial charge in [0, 0.05) is 0 Å². The first-order valence-electron chi connectivity index (χ1n) is 9.28. The molecule has 1 fully saturated rings. The predicted molar refractivity (Wildman–Crippen MR) is 103 cm³/mol. The molecule has 2 amide bonds. The van der Waals surface area contributed by atoms with Crippen molar-refractivity contribution in [2.45, 2.75) is 31.7 Å². The third kappa shape index (κ3) is 4.39. The first-order chi connectivity index (χ1) is 13.5. The summed E-state index contributed by atoms with van der Waals surface area (Å²) in [6.07, 6.45) is -0.587. The number of ether oxygens (including phenoxy) is 1. The van der Waals surface area contributed by atoms with Gasteiger partial charge in [-0.2, -0.15) is 0 Å². The monoisotopic (exact) mass is 381 g/mol. The van der Waals surface area contributed by atoms with Crippen LogP contribution in [0.2, 0.25) is 0 Å². The van der Waals surface area contributed by atoms with Gasteiger partial charge in [0.05, 0.1) is 18.4 Å². The summed E-state index contributed by atoms with van der Waals surface area (Å²) in [5.41, 5.74) is 1.84. The molecule has 3 rings (SSSR count). The molecule has 3 unspecified atom stereocenters. The van der Waals surface area contributed by atoms with Gasteiger partial charge in [-0.1, -0.05) is 67.6 Å². The fourth-order valence-electron chi connectivity index (χ4n) is 3.60. The van der Waals surface area contributed by atoms with E-state index in [1.165, 1.54) is 0 Å². The van der Waals surface area contributed by atoms with E-state index in [1.807, 2.05) is 67.6 Å². The zero-order valence-corrected chi connectivity index (χ0v) is 15.7. The molecule has 1 saturated heterocycles. The van der Waals surface area contributed by atoms with Gasteiger partial charge >= 0.3 is 12.1 Å². The fraction of sp³-hybridized carbons (Fsp3) is 0.318. The first kappa shape index (κ1) is 19.6. The van der Waals surface area contributed by atoms with Crippen LogP contribution in [0.1, 0.15) is 30.4 Å². The molecule has 0 saturated carbocycles. The first-order valence-corrected chi connectivity index (χ1v) is 9.28. The normalized spacial score (nSPS) is 18.4. The maximum atomic E-state index is 13.3. The van der Waals surface area contributed by atoms with E-state index >= 15 is 0 Å². The highest BCUT2D eigenvalue weighted by Gasteiger charge is 2.43. The average Bonchev–Trinajstić information content (AvgIpc) is 3.06. The number of carboxylic acids is 1. The molecule has 0 spiro atoms. The molecule has 0 aromatic heterocycles. The molecule has 0 bridgehead atoms. The minimum atomic E-state index is -1.08. The highest BCUT2D eigenvalue weighted by atomic mass is 16.6. The van der Waals surface area contributed by atoms with Crippen LogP contribution in [0, 0.1) is 5.92 Å². The number of amides is 2. The lowest BCUT2D eigenvalue weighted by Gasteiger charge is -2.28. The molecular weight excluding hydrogens is 358 g/mol. The molecule has 2 aromatic rings. The van der Waals surface area contributed by atoms with Crippen LogP contribution in [0.3, 0.4) is 0 Å². The summed E-state index contributed by atoms with van der Waals surface area (Å²) in [7, 11) is 0. The van der Waals surface area contributed by atoms with E-state index in [0.717, 1.165) is 16.0 Å². The molecule has 1 aliphatic rings. The van der Waals surface area contributed by atoms with Gasteiger partial charge in [0.15, 0.2) is 0 Å². The predicted octanol–water partition coefficient (Wildman–Crippen LogP) is 3.47. The number of imide groups is 1. The van der Waals surface area contributed by atoms with Crippen molar-refractivity contribution in [1.82, 2.24) is 4.90 Å². The van der Waals surface area contributed by atoms with Crippen LogP contribution in [-0.4, -0.2) is 40.6 Å². The van der Waals surface area contributed by atoms with E-state index in [9.17, 15) is 19.5 Å². The van der Waals surface area contributed by atoms with Gasteiger partial charge < -0.3 is 9.84 Å². The van der Waals surface area contributed by atoms with Crippen molar-refractivity contribution in [1.29, 1.82) is 0 Å². The number of hydrogen-bond acceptors (Lipinski definition) is 4. The van der Waals surface area contributed by atoms with Crippen molar-refractivity contribution >= 4 is 18.0 Å². The Morgan fingerprint density at radius 3 is 2.32 bits per heavy atom. The SMILES string of the molecule is CC(c1ccccc1)C(CC(=O)O)C(=O)N1C(=O)OCC1Cc1ccccc1. The highest BCUT2D eigenvalue weighted by molar-refractivity contribution is 5.96. The molecule has 6 nitrogen and oxygen atoms in total. The Labute approximate surface area is 163 Å². The van der Waals surface area contributed by atoms with Crippen molar-refractivity contribution in [3.8, 4) is 0 Å². The quantitative estimate of drug-likeness (QED) is 0.794. The van der Waals surface area contributed by atoms with Crippen LogP contribution in [0.15, 0.2) is 60.7 Å². The Balaban J connectivity index is 1.85. The lowest BCUT2D eigenvalue weighted by molar-refractivity contribution is -0.144. The number of cyclic esters (lactones) is 1. The number of nitrogens with zero attached hydrogens (tertiary/aromatic N) is 1. The van der Waals surface area contributed by atoms with Crippen LogP contribution in [0.5, 0.6) is 0 Å². The zero-order valence-electron chi connectivity index (χ0n) is 15.7. The summed E-state index contributed by atoms with van der Waals surface area (Å²) < 4.78 is 5.13. The number of benzene rings is 2. The fourth-order valence-corrected chi connectivity index (χ4v) is 3.60. The Kier molecular flexibility index (Phi) is 6.09. The van der Waals surface area contributed by atoms with Crippen LogP contribution in [0.25, 0.3) is 0 Å². The third-order valence-corrected chi connectivity index (χ3v) is 5.15. The largest absolute Gasteiger partial charge is 0.481 e. The zero-order chi connectivity index (χ0) is 20.1. The summed E-state index contributed by atoms with van der Waals surface area (Å²) >= 11 is 0. The summed E-state index contributed by atoms with van der Waals surface area (Å²) in [4.78, 5) is 38.1. The van der Waals surface area contributed by atoms with Gasteiger partial charge in [0.2, 0.25) is 5.91 Å². The Bertz CT molecular complexity index is 837. The molecule has 0 aliphatic carbocycles. The Morgan fingerprint density at radius 1 is 1.11 bits per heavy atom. The van der Waals surface area contributed by atoms with E-state index < -0.39 is 29.9 Å². The molecule has 1 N–H and O–H groups in total. The second-order valence-electron chi connectivity index (χ2n) is 7.03. The molecule has 1 heterocycles. The van der Waals surface area contributed by atoms with Gasteiger partial charge in [-0.15, -0.1) is 0 Å². The summed E-state index contributed by atoms with van der Waals surface area (Å²) in [5, 5.41) is 9.35. The van der Waals surface area contributed by atoms with E-state index in [1.54, 1.807) is 0 Å². The van der Waals surface area contributed by atoms with Crippen molar-refractivity contribution in [3.63, 3.8) is 0 Å². The Morgan fingerprint density at radius 2 is 1.71 bits per heavy atom. The van der Waals surface area contributed by atoms with E-state index in [0.29, 0.717) is 6.42 Å². The van der Waals surface area contributed by atoms with E-state index in [-0.39, 0.29) is 18.9 Å². The van der Waals surface area contributed by atoms with Gasteiger partial charge in [0.1, 0.15) is 6.61 Å². The van der Waals surface area contributed by atoms with E-state index in [2.05, 4.69) is 0 Å². The second-order valence-corrected chi connectivity index (χ2v) is 7.03. The molecule has 0 radical (unpaired) electrons. The van der Waals surface area contributed by atoms with Crippen LogP contribution in [0.4, 0.5) is 4.79 Å². The number of carbonyl (C=O) groups excluding carboxylic acids is 2. The van der Waals surface area contributed by atoms with Gasteiger partial charge in [-0.25, -0.2) is 9.69 Å². The standard InChI is InChI=1S/C22H23NO5/c1-15(17-10-6-3-7-11-17)19(13-20(24)25)21(26)23-18(14-28-22(23)27)12-16-8-4-2-5-9-16/h2-11,15,18-19H,12-14H2,1H3,(H,24,25). The molecule has 146 valence electrons. The number of carboxylic acid groups (broad SMARTS) is 1. The smallest absolute Gasteiger partial charge is 0.416 e. The lowest BCUT2D eigenvalue weighted by Crippen LogP contribution is -2.45. The van der Waals surface area contributed by atoms with Gasteiger partial charge in [-0.05, 0) is 23.5 Å². The van der Waals surface area contributed by atoms with Crippen LogP contribution < -0.4 is 0 Å². The number of aliphatic carboxylic acids is 1. The average molecular weight is 381 g/mol. The van der Waals surface area contributed by atoms with Gasteiger partial charge in [-0.3, -0.25) is 9.59 Å². The summed E-state index contributed by atoms with van der Waals surface area (Å²) in [6.45, 7) is 1.92. The number of carbonyl (C=O) groups is 3. The number of hydrogen-bond donors (Lipinski definition) is 1. The molecule has 2 aromatic carbocycles. The molecule has 28 heavy (non-hydrogen) atoms. The Hall–Kier alpha value is -3.15. The van der Waals surface area contributed by atoms with E-state index in [4.69, 9.17) is 4.74 Å². The second kappa shape index (κ2) is 8.69.